The first-order valence-corrected chi connectivity index (χ1v) is 7.78. The van der Waals surface area contributed by atoms with E-state index in [1.165, 1.54) is 0 Å². The van der Waals surface area contributed by atoms with Gasteiger partial charge in [-0.1, -0.05) is 34.1 Å². The molecule has 0 fully saturated rings. The number of hydrogen-bond acceptors (Lipinski definition) is 4. The monoisotopic (exact) mass is 366 g/mol. The van der Waals surface area contributed by atoms with Crippen LogP contribution in [-0.4, -0.2) is 19.7 Å². The molecule has 0 saturated heterocycles. The summed E-state index contributed by atoms with van der Waals surface area (Å²) in [4.78, 5) is 8.89. The second-order valence-corrected chi connectivity index (χ2v) is 5.78. The minimum absolute atomic E-state index is 0.437. The highest BCUT2D eigenvalue weighted by Crippen LogP contribution is 2.23. The summed E-state index contributed by atoms with van der Waals surface area (Å²) >= 11 is 3.39. The SMILES string of the molecule is Brc1ccc(Oc2cnc3c(cnn3-c3ccccc3)n2)cc1. The van der Waals surface area contributed by atoms with E-state index in [1.807, 2.05) is 54.6 Å². The fourth-order valence-corrected chi connectivity index (χ4v) is 2.49. The minimum Gasteiger partial charge on any atom is -0.437 e. The van der Waals surface area contributed by atoms with Crippen LogP contribution in [0.4, 0.5) is 0 Å². The number of benzene rings is 2. The first kappa shape index (κ1) is 13.9. The van der Waals surface area contributed by atoms with Crippen molar-refractivity contribution in [2.45, 2.75) is 0 Å². The highest BCUT2D eigenvalue weighted by molar-refractivity contribution is 9.10. The lowest BCUT2D eigenvalue weighted by molar-refractivity contribution is 0.462. The van der Waals surface area contributed by atoms with E-state index in [-0.39, 0.29) is 0 Å². The number of rotatable bonds is 3. The molecule has 0 saturated carbocycles. The van der Waals surface area contributed by atoms with E-state index in [0.717, 1.165) is 10.2 Å². The van der Waals surface area contributed by atoms with Gasteiger partial charge < -0.3 is 4.74 Å². The predicted octanol–water partition coefficient (Wildman–Crippen LogP) is 4.37. The highest BCUT2D eigenvalue weighted by atomic mass is 79.9. The van der Waals surface area contributed by atoms with Crippen molar-refractivity contribution in [3.8, 4) is 17.3 Å². The van der Waals surface area contributed by atoms with Gasteiger partial charge in [-0.3, -0.25) is 0 Å². The molecule has 4 rings (SSSR count). The van der Waals surface area contributed by atoms with Crippen molar-refractivity contribution in [1.82, 2.24) is 19.7 Å². The molecule has 2 aromatic heterocycles. The zero-order valence-electron chi connectivity index (χ0n) is 11.9. The molecular formula is C17H11BrN4O. The summed E-state index contributed by atoms with van der Waals surface area (Å²) in [6, 6.07) is 17.4. The maximum absolute atomic E-state index is 5.72. The largest absolute Gasteiger partial charge is 0.437 e. The zero-order chi connectivity index (χ0) is 15.6. The Bertz CT molecular complexity index is 951. The molecule has 0 atom stereocenters. The lowest BCUT2D eigenvalue weighted by atomic mass is 10.3. The van der Waals surface area contributed by atoms with Crippen molar-refractivity contribution < 1.29 is 4.74 Å². The van der Waals surface area contributed by atoms with Crippen molar-refractivity contribution in [2.75, 3.05) is 0 Å². The molecule has 0 radical (unpaired) electrons. The molecule has 0 aliphatic carbocycles. The summed E-state index contributed by atoms with van der Waals surface area (Å²) < 4.78 is 8.48. The average molecular weight is 367 g/mol. The molecule has 0 aliphatic heterocycles. The second kappa shape index (κ2) is 5.81. The fourth-order valence-electron chi connectivity index (χ4n) is 2.23. The van der Waals surface area contributed by atoms with Crippen LogP contribution in [0, 0.1) is 0 Å². The maximum atomic E-state index is 5.72. The number of nitrogens with zero attached hydrogens (tertiary/aromatic N) is 4. The van der Waals surface area contributed by atoms with E-state index >= 15 is 0 Å². The Labute approximate surface area is 140 Å². The van der Waals surface area contributed by atoms with Gasteiger partial charge in [-0.2, -0.15) is 5.10 Å². The molecule has 0 unspecified atom stereocenters. The summed E-state index contributed by atoms with van der Waals surface area (Å²) in [5, 5.41) is 4.36. The van der Waals surface area contributed by atoms with Gasteiger partial charge in [-0.25, -0.2) is 14.6 Å². The van der Waals surface area contributed by atoms with Crippen molar-refractivity contribution >= 4 is 27.1 Å². The lowest BCUT2D eigenvalue weighted by Crippen LogP contribution is -1.97. The Morgan fingerprint density at radius 3 is 2.48 bits per heavy atom. The van der Waals surface area contributed by atoms with Gasteiger partial charge in [-0.15, -0.1) is 0 Å². The van der Waals surface area contributed by atoms with E-state index in [0.29, 0.717) is 22.8 Å². The Balaban J connectivity index is 1.68. The molecule has 2 heterocycles. The summed E-state index contributed by atoms with van der Waals surface area (Å²) in [5.74, 6) is 1.14. The zero-order valence-corrected chi connectivity index (χ0v) is 13.5. The number of halogens is 1. The van der Waals surface area contributed by atoms with E-state index in [9.17, 15) is 0 Å². The Morgan fingerprint density at radius 1 is 0.913 bits per heavy atom. The van der Waals surface area contributed by atoms with Gasteiger partial charge in [0, 0.05) is 4.47 Å². The van der Waals surface area contributed by atoms with Crippen LogP contribution >= 0.6 is 15.9 Å². The molecule has 6 heteroatoms. The van der Waals surface area contributed by atoms with Crippen LogP contribution in [0.15, 0.2) is 71.5 Å². The summed E-state index contributed by atoms with van der Waals surface area (Å²) in [6.45, 7) is 0. The number of ether oxygens (including phenoxy) is 1. The van der Waals surface area contributed by atoms with Crippen LogP contribution in [-0.2, 0) is 0 Å². The molecule has 112 valence electrons. The number of aromatic nitrogens is 4. The number of para-hydroxylation sites is 1. The third-order valence-corrected chi connectivity index (χ3v) is 3.82. The van der Waals surface area contributed by atoms with E-state index in [1.54, 1.807) is 17.1 Å². The van der Waals surface area contributed by atoms with Crippen LogP contribution in [0.25, 0.3) is 16.9 Å². The molecule has 0 bridgehead atoms. The molecule has 0 amide bonds. The Kier molecular flexibility index (Phi) is 3.51. The van der Waals surface area contributed by atoms with Crippen LogP contribution in [0.3, 0.4) is 0 Å². The second-order valence-electron chi connectivity index (χ2n) is 4.86. The standard InChI is InChI=1S/C17H11BrN4O/c18-12-6-8-14(9-7-12)23-16-11-19-17-15(21-16)10-20-22(17)13-4-2-1-3-5-13/h1-11H. The molecule has 0 spiro atoms. The van der Waals surface area contributed by atoms with E-state index < -0.39 is 0 Å². The third-order valence-electron chi connectivity index (χ3n) is 3.29. The molecular weight excluding hydrogens is 356 g/mol. The smallest absolute Gasteiger partial charge is 0.238 e. The van der Waals surface area contributed by atoms with Gasteiger partial charge >= 0.3 is 0 Å². The van der Waals surface area contributed by atoms with Crippen molar-refractivity contribution in [1.29, 1.82) is 0 Å². The molecule has 0 N–H and O–H groups in total. The molecule has 23 heavy (non-hydrogen) atoms. The van der Waals surface area contributed by atoms with Crippen molar-refractivity contribution in [2.24, 2.45) is 0 Å². The van der Waals surface area contributed by atoms with Gasteiger partial charge in [0.15, 0.2) is 5.65 Å². The van der Waals surface area contributed by atoms with Gasteiger partial charge in [-0.05, 0) is 36.4 Å². The average Bonchev–Trinajstić information content (AvgIpc) is 3.01. The number of hydrogen-bond donors (Lipinski definition) is 0. The molecule has 5 nitrogen and oxygen atoms in total. The first-order valence-electron chi connectivity index (χ1n) is 6.99. The fraction of sp³-hybridized carbons (Fsp3) is 0. The quantitative estimate of drug-likeness (QED) is 0.540. The lowest BCUT2D eigenvalue weighted by Gasteiger charge is -2.05. The van der Waals surface area contributed by atoms with Crippen LogP contribution < -0.4 is 4.74 Å². The Morgan fingerprint density at radius 2 is 1.70 bits per heavy atom. The van der Waals surface area contributed by atoms with Gasteiger partial charge in [0.1, 0.15) is 11.3 Å². The van der Waals surface area contributed by atoms with Crippen LogP contribution in [0.5, 0.6) is 11.6 Å². The topological polar surface area (TPSA) is 52.8 Å². The van der Waals surface area contributed by atoms with Gasteiger partial charge in [0.25, 0.3) is 0 Å². The van der Waals surface area contributed by atoms with E-state index in [4.69, 9.17) is 4.74 Å². The first-order chi connectivity index (χ1) is 11.3. The van der Waals surface area contributed by atoms with Crippen LogP contribution in [0.1, 0.15) is 0 Å². The predicted molar refractivity (Wildman–Crippen MR) is 90.9 cm³/mol. The van der Waals surface area contributed by atoms with Gasteiger partial charge in [0.2, 0.25) is 5.88 Å². The highest BCUT2D eigenvalue weighted by Gasteiger charge is 2.09. The summed E-state index contributed by atoms with van der Waals surface area (Å²) in [5.41, 5.74) is 2.32. The van der Waals surface area contributed by atoms with Crippen LogP contribution in [0.2, 0.25) is 0 Å². The summed E-state index contributed by atoms with van der Waals surface area (Å²) in [6.07, 6.45) is 3.29. The number of fused-ring (bicyclic) bond motifs is 1. The van der Waals surface area contributed by atoms with E-state index in [2.05, 4.69) is 31.0 Å². The molecule has 0 aliphatic rings. The van der Waals surface area contributed by atoms with Crippen molar-refractivity contribution in [3.05, 3.63) is 71.5 Å². The third kappa shape index (κ3) is 2.80. The molecule has 2 aromatic carbocycles. The summed E-state index contributed by atoms with van der Waals surface area (Å²) in [7, 11) is 0. The normalized spacial score (nSPS) is 10.8. The maximum Gasteiger partial charge on any atom is 0.238 e. The molecule has 4 aromatic rings. The van der Waals surface area contributed by atoms with Crippen molar-refractivity contribution in [3.63, 3.8) is 0 Å². The Hall–Kier alpha value is -2.73. The van der Waals surface area contributed by atoms with Gasteiger partial charge in [0.05, 0.1) is 18.1 Å². The minimum atomic E-state index is 0.437.